The van der Waals surface area contributed by atoms with Gasteiger partial charge in [0, 0.05) is 40.8 Å². The Bertz CT molecular complexity index is 1220. The number of hydrogen-bond acceptors (Lipinski definition) is 5. The van der Waals surface area contributed by atoms with Crippen molar-refractivity contribution in [2.75, 3.05) is 18.2 Å². The highest BCUT2D eigenvalue weighted by atomic mass is 35.5. The molecule has 3 aliphatic heterocycles. The number of amides is 2. The van der Waals surface area contributed by atoms with Crippen LogP contribution in [0.2, 0.25) is 5.02 Å². The summed E-state index contributed by atoms with van der Waals surface area (Å²) in [6.45, 7) is 1.46. The Morgan fingerprint density at radius 3 is 2.83 bits per heavy atom. The number of anilines is 1. The van der Waals surface area contributed by atoms with E-state index in [1.54, 1.807) is 18.2 Å². The maximum Gasteiger partial charge on any atom is 0.251 e. The van der Waals surface area contributed by atoms with E-state index in [1.807, 2.05) is 18.2 Å². The normalized spacial score (nSPS) is 21.0. The highest BCUT2D eigenvalue weighted by Crippen LogP contribution is 2.38. The van der Waals surface area contributed by atoms with E-state index in [9.17, 15) is 9.59 Å². The minimum absolute atomic E-state index is 0.148. The number of H-pyrrole nitrogens is 1. The number of carbonyl (C=O) groups excluding carboxylic acids is 2. The van der Waals surface area contributed by atoms with Gasteiger partial charge in [0.25, 0.3) is 5.91 Å². The first kappa shape index (κ1) is 17.8. The number of aromatic amines is 1. The lowest BCUT2D eigenvalue weighted by Crippen LogP contribution is -2.44. The molecule has 6 rings (SSSR count). The van der Waals surface area contributed by atoms with Gasteiger partial charge in [-0.3, -0.25) is 14.5 Å². The molecule has 1 unspecified atom stereocenters. The minimum atomic E-state index is -0.467. The Morgan fingerprint density at radius 2 is 1.93 bits per heavy atom. The quantitative estimate of drug-likeness (QED) is 0.640. The summed E-state index contributed by atoms with van der Waals surface area (Å²) in [4.78, 5) is 32.8. The minimum Gasteiger partial charge on any atom is -0.454 e. The highest BCUT2D eigenvalue weighted by molar-refractivity contribution is 6.31. The summed E-state index contributed by atoms with van der Waals surface area (Å²) < 4.78 is 10.7. The fourth-order valence-electron chi connectivity index (χ4n) is 4.70. The second-order valence-corrected chi connectivity index (χ2v) is 8.25. The smallest absolute Gasteiger partial charge is 0.251 e. The van der Waals surface area contributed by atoms with Crippen LogP contribution in [0.5, 0.6) is 11.5 Å². The first-order valence-electron chi connectivity index (χ1n) is 9.88. The van der Waals surface area contributed by atoms with E-state index in [2.05, 4.69) is 9.88 Å². The van der Waals surface area contributed by atoms with Crippen molar-refractivity contribution in [2.24, 2.45) is 0 Å². The first-order chi connectivity index (χ1) is 14.6. The summed E-state index contributed by atoms with van der Waals surface area (Å²) >= 11 is 6.17. The van der Waals surface area contributed by atoms with Gasteiger partial charge in [0.1, 0.15) is 0 Å². The number of nitrogens with one attached hydrogen (secondary N) is 1. The molecule has 2 amide bonds. The molecule has 2 aromatic carbocycles. The van der Waals surface area contributed by atoms with Crippen molar-refractivity contribution < 1.29 is 19.1 Å². The molecule has 1 N–H and O–H groups in total. The molecule has 30 heavy (non-hydrogen) atoms. The largest absolute Gasteiger partial charge is 0.454 e. The number of aromatic nitrogens is 1. The molecule has 0 saturated carbocycles. The zero-order valence-corrected chi connectivity index (χ0v) is 16.7. The Morgan fingerprint density at radius 1 is 1.07 bits per heavy atom. The number of carbonyl (C=O) groups is 2. The molecule has 0 bridgehead atoms. The van der Waals surface area contributed by atoms with E-state index in [4.69, 9.17) is 21.1 Å². The van der Waals surface area contributed by atoms with Gasteiger partial charge in [-0.25, -0.2) is 4.90 Å². The van der Waals surface area contributed by atoms with Crippen LogP contribution in [0.25, 0.3) is 10.9 Å². The van der Waals surface area contributed by atoms with Gasteiger partial charge >= 0.3 is 0 Å². The van der Waals surface area contributed by atoms with Crippen molar-refractivity contribution in [3.05, 3.63) is 52.7 Å². The van der Waals surface area contributed by atoms with Crippen molar-refractivity contribution in [3.63, 3.8) is 0 Å². The van der Waals surface area contributed by atoms with Crippen molar-refractivity contribution >= 4 is 40.0 Å². The Labute approximate surface area is 177 Å². The molecule has 0 radical (unpaired) electrons. The Kier molecular flexibility index (Phi) is 3.85. The highest BCUT2D eigenvalue weighted by Gasteiger charge is 2.44. The zero-order chi connectivity index (χ0) is 20.4. The van der Waals surface area contributed by atoms with Gasteiger partial charge < -0.3 is 14.5 Å². The van der Waals surface area contributed by atoms with Gasteiger partial charge in [-0.15, -0.1) is 0 Å². The number of benzene rings is 2. The van der Waals surface area contributed by atoms with E-state index >= 15 is 0 Å². The van der Waals surface area contributed by atoms with Crippen LogP contribution in [0.15, 0.2) is 36.4 Å². The second kappa shape index (κ2) is 6.48. The van der Waals surface area contributed by atoms with Gasteiger partial charge in [-0.2, -0.15) is 0 Å². The van der Waals surface area contributed by atoms with Crippen molar-refractivity contribution in [2.45, 2.75) is 25.4 Å². The van der Waals surface area contributed by atoms with Crippen LogP contribution >= 0.6 is 11.6 Å². The summed E-state index contributed by atoms with van der Waals surface area (Å²) in [7, 11) is 0. The van der Waals surface area contributed by atoms with Gasteiger partial charge in [0.15, 0.2) is 11.5 Å². The Balaban J connectivity index is 1.28. The van der Waals surface area contributed by atoms with Crippen LogP contribution in [0.4, 0.5) is 5.69 Å². The van der Waals surface area contributed by atoms with Crippen LogP contribution in [-0.4, -0.2) is 41.1 Å². The SMILES string of the molecule is O=C1CC(N2CCc3c([nH]c4ccc(Cl)cc34)C2)C(=O)N1c1ccc2c(c1)OCO2. The third-order valence-corrected chi connectivity index (χ3v) is 6.38. The van der Waals surface area contributed by atoms with Crippen LogP contribution in [0.1, 0.15) is 17.7 Å². The Hall–Kier alpha value is -3.03. The number of ether oxygens (including phenoxy) is 2. The fourth-order valence-corrected chi connectivity index (χ4v) is 4.87. The van der Waals surface area contributed by atoms with Gasteiger partial charge in [0.05, 0.1) is 18.2 Å². The average molecular weight is 424 g/mol. The van der Waals surface area contributed by atoms with Gasteiger partial charge in [-0.05, 0) is 42.3 Å². The van der Waals surface area contributed by atoms with Gasteiger partial charge in [-0.1, -0.05) is 11.6 Å². The third kappa shape index (κ3) is 2.62. The molecular weight excluding hydrogens is 406 g/mol. The molecule has 1 atom stereocenters. The molecule has 3 aromatic rings. The van der Waals surface area contributed by atoms with Crippen LogP contribution < -0.4 is 14.4 Å². The van der Waals surface area contributed by atoms with Crippen LogP contribution in [-0.2, 0) is 22.6 Å². The maximum absolute atomic E-state index is 13.2. The molecule has 7 nitrogen and oxygen atoms in total. The summed E-state index contributed by atoms with van der Waals surface area (Å²) in [5, 5.41) is 1.84. The lowest BCUT2D eigenvalue weighted by Gasteiger charge is -2.30. The summed E-state index contributed by atoms with van der Waals surface area (Å²) in [6, 6.07) is 10.5. The summed E-state index contributed by atoms with van der Waals surface area (Å²) in [6.07, 6.45) is 0.979. The monoisotopic (exact) mass is 423 g/mol. The number of halogens is 1. The third-order valence-electron chi connectivity index (χ3n) is 6.14. The second-order valence-electron chi connectivity index (χ2n) is 7.82. The number of nitrogens with zero attached hydrogens (tertiary/aromatic N) is 2. The molecule has 4 heterocycles. The number of rotatable bonds is 2. The summed E-state index contributed by atoms with van der Waals surface area (Å²) in [5.74, 6) is 0.785. The molecule has 152 valence electrons. The van der Waals surface area contributed by atoms with E-state index < -0.39 is 6.04 Å². The molecule has 3 aliphatic rings. The maximum atomic E-state index is 13.2. The average Bonchev–Trinajstić information content (AvgIpc) is 3.42. The van der Waals surface area contributed by atoms with E-state index in [0.717, 1.165) is 23.0 Å². The van der Waals surface area contributed by atoms with Crippen LogP contribution in [0, 0.1) is 0 Å². The standard InChI is InChI=1S/C22H18ClN3O4/c23-12-1-3-16-15(7-12)14-5-6-25(10-17(14)24-16)18-9-21(27)26(22(18)28)13-2-4-19-20(8-13)30-11-29-19/h1-4,7-8,18,24H,5-6,9-11H2. The fraction of sp³-hybridized carbons (Fsp3) is 0.273. The summed E-state index contributed by atoms with van der Waals surface area (Å²) in [5.41, 5.74) is 3.89. The molecular formula is C22H18ClN3O4. The van der Waals surface area contributed by atoms with Crippen LogP contribution in [0.3, 0.4) is 0 Å². The molecule has 1 saturated heterocycles. The number of fused-ring (bicyclic) bond motifs is 4. The zero-order valence-electron chi connectivity index (χ0n) is 16.0. The topological polar surface area (TPSA) is 74.9 Å². The van der Waals surface area contributed by atoms with Crippen molar-refractivity contribution in [1.29, 1.82) is 0 Å². The molecule has 0 spiro atoms. The van der Waals surface area contributed by atoms with E-state index in [1.165, 1.54) is 10.5 Å². The van der Waals surface area contributed by atoms with E-state index in [0.29, 0.717) is 35.3 Å². The van der Waals surface area contributed by atoms with Crippen molar-refractivity contribution in [1.82, 2.24) is 9.88 Å². The molecule has 1 fully saturated rings. The molecule has 1 aromatic heterocycles. The lowest BCUT2D eigenvalue weighted by molar-refractivity contribution is -0.123. The lowest BCUT2D eigenvalue weighted by atomic mass is 10.0. The van der Waals surface area contributed by atoms with Crippen molar-refractivity contribution in [3.8, 4) is 11.5 Å². The number of imide groups is 1. The van der Waals surface area contributed by atoms with Gasteiger partial charge in [0.2, 0.25) is 12.7 Å². The molecule has 0 aliphatic carbocycles. The predicted molar refractivity (Wildman–Crippen MR) is 111 cm³/mol. The molecule has 8 heteroatoms. The predicted octanol–water partition coefficient (Wildman–Crippen LogP) is 3.24. The van der Waals surface area contributed by atoms with E-state index in [-0.39, 0.29) is 25.0 Å². The number of hydrogen-bond donors (Lipinski definition) is 1. The first-order valence-corrected chi connectivity index (χ1v) is 10.3.